The standard InChI is InChI=1S/C33H35N3O/c1-2-24-22-36-19-17-27(24)21-31(36)33(29-16-18-34-30-11-7-6-10-28(29)30)35-32(37)20-23-12-14-26(15-13-23)25-8-4-3-5-9-25/h3-16,18,24,27,31,33H,2,17,19-22H2,1H3,(H,35,37)/t24-,27+,31+,33+/m0/s1. The molecule has 1 unspecified atom stereocenters. The van der Waals surface area contributed by atoms with Crippen LogP contribution in [-0.4, -0.2) is 34.9 Å². The number of piperidine rings is 3. The number of hydrogen-bond donors (Lipinski definition) is 1. The highest BCUT2D eigenvalue weighted by molar-refractivity contribution is 5.84. The van der Waals surface area contributed by atoms with Gasteiger partial charge in [-0.3, -0.25) is 14.7 Å². The van der Waals surface area contributed by atoms with Crippen LogP contribution in [0.15, 0.2) is 91.1 Å². The van der Waals surface area contributed by atoms with Gasteiger partial charge in [-0.05, 0) is 65.6 Å². The monoisotopic (exact) mass is 489 g/mol. The summed E-state index contributed by atoms with van der Waals surface area (Å²) in [7, 11) is 0. The van der Waals surface area contributed by atoms with Gasteiger partial charge in [-0.15, -0.1) is 0 Å². The first-order valence-corrected chi connectivity index (χ1v) is 13.7. The van der Waals surface area contributed by atoms with E-state index in [9.17, 15) is 4.79 Å². The van der Waals surface area contributed by atoms with Crippen molar-refractivity contribution in [3.05, 3.63) is 102 Å². The molecule has 4 aromatic rings. The highest BCUT2D eigenvalue weighted by Gasteiger charge is 2.43. The fraction of sp³-hybridized carbons (Fsp3) is 0.333. The summed E-state index contributed by atoms with van der Waals surface area (Å²) < 4.78 is 0. The molecule has 1 amide bonds. The first-order valence-electron chi connectivity index (χ1n) is 13.7. The van der Waals surface area contributed by atoms with Crippen LogP contribution in [-0.2, 0) is 11.2 Å². The molecule has 3 saturated heterocycles. The first kappa shape index (κ1) is 23.9. The topological polar surface area (TPSA) is 45.2 Å². The third-order valence-electron chi connectivity index (χ3n) is 8.61. The summed E-state index contributed by atoms with van der Waals surface area (Å²) in [6.07, 6.45) is 5.93. The molecule has 7 rings (SSSR count). The Morgan fingerprint density at radius 2 is 1.73 bits per heavy atom. The average molecular weight is 490 g/mol. The molecule has 188 valence electrons. The molecule has 3 aliphatic rings. The Balaban J connectivity index is 1.26. The molecule has 1 N–H and O–H groups in total. The predicted molar refractivity (Wildman–Crippen MR) is 150 cm³/mol. The maximum atomic E-state index is 13.5. The summed E-state index contributed by atoms with van der Waals surface area (Å²) in [5, 5.41) is 4.64. The summed E-state index contributed by atoms with van der Waals surface area (Å²) in [5.41, 5.74) is 5.56. The Bertz CT molecular complexity index is 1360. The van der Waals surface area contributed by atoms with E-state index in [-0.39, 0.29) is 11.9 Å². The van der Waals surface area contributed by atoms with Crippen LogP contribution >= 0.6 is 0 Å². The maximum Gasteiger partial charge on any atom is 0.224 e. The SMILES string of the molecule is CC[C@H]1CN2CC[C@@H]1C[C@@H]2[C@H](NC(=O)Cc1ccc(-c2ccccc2)cc1)c1ccnc2ccccc12. The van der Waals surface area contributed by atoms with Gasteiger partial charge >= 0.3 is 0 Å². The summed E-state index contributed by atoms with van der Waals surface area (Å²) in [6, 6.07) is 29.4. The number of hydrogen-bond acceptors (Lipinski definition) is 3. The largest absolute Gasteiger partial charge is 0.347 e. The number of carbonyl (C=O) groups is 1. The minimum Gasteiger partial charge on any atom is -0.347 e. The fourth-order valence-corrected chi connectivity index (χ4v) is 6.61. The molecule has 3 fully saturated rings. The van der Waals surface area contributed by atoms with Crippen molar-refractivity contribution in [1.29, 1.82) is 0 Å². The molecule has 0 aliphatic carbocycles. The number of amides is 1. The van der Waals surface area contributed by atoms with E-state index in [1.807, 2.05) is 18.3 Å². The zero-order valence-electron chi connectivity index (χ0n) is 21.5. The van der Waals surface area contributed by atoms with Gasteiger partial charge in [0.15, 0.2) is 0 Å². The number of rotatable bonds is 7. The molecule has 1 aromatic heterocycles. The minimum atomic E-state index is -0.0513. The number of aromatic nitrogens is 1. The van der Waals surface area contributed by atoms with E-state index < -0.39 is 0 Å². The zero-order chi connectivity index (χ0) is 25.2. The zero-order valence-corrected chi connectivity index (χ0v) is 21.5. The predicted octanol–water partition coefficient (Wildman–Crippen LogP) is 6.42. The van der Waals surface area contributed by atoms with Gasteiger partial charge in [-0.2, -0.15) is 0 Å². The van der Waals surface area contributed by atoms with Crippen molar-refractivity contribution < 1.29 is 4.79 Å². The van der Waals surface area contributed by atoms with Gasteiger partial charge in [-0.25, -0.2) is 0 Å². The summed E-state index contributed by atoms with van der Waals surface area (Å²) >= 11 is 0. The molecule has 37 heavy (non-hydrogen) atoms. The normalized spacial score (nSPS) is 23.6. The molecule has 5 atom stereocenters. The molecule has 4 nitrogen and oxygen atoms in total. The summed E-state index contributed by atoms with van der Waals surface area (Å²) in [4.78, 5) is 20.7. The van der Waals surface area contributed by atoms with Crippen molar-refractivity contribution in [3.8, 4) is 11.1 Å². The Hall–Kier alpha value is -3.50. The first-order chi connectivity index (χ1) is 18.2. The lowest BCUT2D eigenvalue weighted by atomic mass is 9.72. The van der Waals surface area contributed by atoms with Crippen LogP contribution in [0.5, 0.6) is 0 Å². The lowest BCUT2D eigenvalue weighted by molar-refractivity contribution is -0.122. The van der Waals surface area contributed by atoms with Crippen molar-refractivity contribution in [2.45, 2.75) is 44.7 Å². The highest BCUT2D eigenvalue weighted by atomic mass is 16.1. The molecule has 2 bridgehead atoms. The number of nitrogens with one attached hydrogen (secondary N) is 1. The lowest BCUT2D eigenvalue weighted by Gasteiger charge is -2.52. The smallest absolute Gasteiger partial charge is 0.224 e. The quantitative estimate of drug-likeness (QED) is 0.326. The van der Waals surface area contributed by atoms with Crippen molar-refractivity contribution in [2.24, 2.45) is 11.8 Å². The molecular weight excluding hydrogens is 454 g/mol. The Kier molecular flexibility index (Phi) is 6.75. The summed E-state index contributed by atoms with van der Waals surface area (Å²) in [6.45, 7) is 4.59. The number of benzene rings is 3. The maximum absolute atomic E-state index is 13.5. The van der Waals surface area contributed by atoms with Crippen molar-refractivity contribution in [3.63, 3.8) is 0 Å². The molecule has 3 aromatic carbocycles. The van der Waals surface area contributed by atoms with E-state index in [0.29, 0.717) is 12.5 Å². The number of para-hydroxylation sites is 1. The minimum absolute atomic E-state index is 0.0513. The number of pyridine rings is 1. The average Bonchev–Trinajstić information content (AvgIpc) is 2.96. The third kappa shape index (κ3) is 4.91. The van der Waals surface area contributed by atoms with Crippen molar-refractivity contribution in [1.82, 2.24) is 15.2 Å². The second-order valence-corrected chi connectivity index (χ2v) is 10.7. The van der Waals surface area contributed by atoms with Crippen LogP contribution in [0.2, 0.25) is 0 Å². The lowest BCUT2D eigenvalue weighted by Crippen LogP contribution is -2.57. The molecule has 3 aliphatic heterocycles. The molecule has 4 heteroatoms. The van der Waals surface area contributed by atoms with Gasteiger partial charge in [0.2, 0.25) is 5.91 Å². The second kappa shape index (κ2) is 10.5. The number of fused-ring (bicyclic) bond motifs is 4. The Morgan fingerprint density at radius 1 is 0.973 bits per heavy atom. The van der Waals surface area contributed by atoms with Crippen LogP contribution in [0.25, 0.3) is 22.0 Å². The van der Waals surface area contributed by atoms with Gasteiger partial charge in [0, 0.05) is 24.2 Å². The van der Waals surface area contributed by atoms with Gasteiger partial charge in [0.05, 0.1) is 18.0 Å². The van der Waals surface area contributed by atoms with Crippen LogP contribution in [0, 0.1) is 11.8 Å². The van der Waals surface area contributed by atoms with Gasteiger partial charge in [-0.1, -0.05) is 86.1 Å². The third-order valence-corrected chi connectivity index (χ3v) is 8.61. The van der Waals surface area contributed by atoms with Crippen LogP contribution in [0.3, 0.4) is 0 Å². The number of carbonyl (C=O) groups excluding carboxylic acids is 1. The second-order valence-electron chi connectivity index (χ2n) is 10.7. The molecule has 0 saturated carbocycles. The van der Waals surface area contributed by atoms with E-state index >= 15 is 0 Å². The molecular formula is C33H35N3O. The van der Waals surface area contributed by atoms with E-state index in [1.165, 1.54) is 29.5 Å². The number of nitrogens with zero attached hydrogens (tertiary/aromatic N) is 2. The van der Waals surface area contributed by atoms with Gasteiger partial charge in [0.1, 0.15) is 0 Å². The van der Waals surface area contributed by atoms with Crippen molar-refractivity contribution >= 4 is 16.8 Å². The highest BCUT2D eigenvalue weighted by Crippen LogP contribution is 2.42. The van der Waals surface area contributed by atoms with E-state index in [2.05, 4.69) is 94.9 Å². The van der Waals surface area contributed by atoms with Crippen LogP contribution < -0.4 is 5.32 Å². The molecule has 0 spiro atoms. The Morgan fingerprint density at radius 3 is 2.49 bits per heavy atom. The van der Waals surface area contributed by atoms with Gasteiger partial charge in [0.25, 0.3) is 0 Å². The van der Waals surface area contributed by atoms with E-state index in [4.69, 9.17) is 0 Å². The van der Waals surface area contributed by atoms with Crippen LogP contribution in [0.4, 0.5) is 0 Å². The van der Waals surface area contributed by atoms with Crippen molar-refractivity contribution in [2.75, 3.05) is 13.1 Å². The molecule has 0 radical (unpaired) electrons. The van der Waals surface area contributed by atoms with Crippen LogP contribution in [0.1, 0.15) is 43.4 Å². The van der Waals surface area contributed by atoms with Gasteiger partial charge < -0.3 is 5.32 Å². The summed E-state index contributed by atoms with van der Waals surface area (Å²) in [5.74, 6) is 1.60. The van der Waals surface area contributed by atoms with E-state index in [0.717, 1.165) is 47.8 Å². The molecule has 4 heterocycles. The fourth-order valence-electron chi connectivity index (χ4n) is 6.61. The van der Waals surface area contributed by atoms with E-state index in [1.54, 1.807) is 0 Å². The Labute approximate surface area is 219 Å².